The van der Waals surface area contributed by atoms with Crippen LogP contribution in [-0.4, -0.2) is 88.1 Å². The molecule has 11 heteroatoms. The van der Waals surface area contributed by atoms with E-state index in [1.165, 1.54) is 6.54 Å². The molecule has 0 saturated carbocycles. The summed E-state index contributed by atoms with van der Waals surface area (Å²) in [6, 6.07) is 8.78. The molecule has 1 N–H and O–H groups in total. The SMILES string of the molecule is Cc1cc(Nc2cc3nc(-c4ccnc(N5C[C@H]6COC[C@H]6C5)c4)sc3cn2)nc(N2C[C@H](C)[N+]3(C)C[C@@H]23)n1. The van der Waals surface area contributed by atoms with Gasteiger partial charge in [-0.3, -0.25) is 9.38 Å². The van der Waals surface area contributed by atoms with Gasteiger partial charge in [0.25, 0.3) is 0 Å². The number of aromatic nitrogens is 5. The number of pyridine rings is 2. The smallest absolute Gasteiger partial charge is 0.232 e. The Labute approximate surface area is 231 Å². The Bertz CT molecular complexity index is 1580. The average Bonchev–Trinajstić information content (AvgIpc) is 3.35. The molecule has 10 nitrogen and oxygen atoms in total. The van der Waals surface area contributed by atoms with Crippen molar-refractivity contribution in [2.75, 3.05) is 61.6 Å². The third-order valence-electron chi connectivity index (χ3n) is 9.12. The van der Waals surface area contributed by atoms with Gasteiger partial charge in [0.15, 0.2) is 6.54 Å². The fourth-order valence-electron chi connectivity index (χ4n) is 6.50. The molecule has 4 aliphatic heterocycles. The molecule has 0 aromatic carbocycles. The first-order valence-electron chi connectivity index (χ1n) is 13.7. The minimum Gasteiger partial charge on any atom is -0.381 e. The highest BCUT2D eigenvalue weighted by Gasteiger charge is 2.64. The van der Waals surface area contributed by atoms with Crippen molar-refractivity contribution in [3.05, 3.63) is 42.4 Å². The second-order valence-electron chi connectivity index (χ2n) is 11.8. The normalized spacial score (nSPS) is 29.2. The average molecular weight is 543 g/mol. The Morgan fingerprint density at radius 1 is 1.03 bits per heavy atom. The van der Waals surface area contributed by atoms with Gasteiger partial charge < -0.3 is 15.0 Å². The highest BCUT2D eigenvalue weighted by Crippen LogP contribution is 2.43. The first-order chi connectivity index (χ1) is 18.9. The largest absolute Gasteiger partial charge is 0.381 e. The van der Waals surface area contributed by atoms with Crippen LogP contribution in [-0.2, 0) is 4.74 Å². The summed E-state index contributed by atoms with van der Waals surface area (Å²) in [7, 11) is 2.32. The van der Waals surface area contributed by atoms with Crippen LogP contribution in [0.3, 0.4) is 0 Å². The molecule has 1 unspecified atom stereocenters. The van der Waals surface area contributed by atoms with E-state index in [9.17, 15) is 0 Å². The number of ether oxygens (including phenoxy) is 1. The van der Waals surface area contributed by atoms with Crippen molar-refractivity contribution >= 4 is 45.0 Å². The van der Waals surface area contributed by atoms with Gasteiger partial charge in [0.1, 0.15) is 28.5 Å². The fraction of sp³-hybridized carbons (Fsp3) is 0.464. The number of fused-ring (bicyclic) bond motifs is 3. The Morgan fingerprint density at radius 3 is 2.64 bits per heavy atom. The lowest BCUT2D eigenvalue weighted by Crippen LogP contribution is -2.31. The Balaban J connectivity index is 1.03. The number of anilines is 4. The summed E-state index contributed by atoms with van der Waals surface area (Å²) in [6.07, 6.45) is 4.28. The highest BCUT2D eigenvalue weighted by molar-refractivity contribution is 7.21. The molecular formula is C28H32N9OS+. The summed E-state index contributed by atoms with van der Waals surface area (Å²) in [4.78, 5) is 28.7. The minimum absolute atomic E-state index is 0.491. The maximum Gasteiger partial charge on any atom is 0.232 e. The topological polar surface area (TPSA) is 92.2 Å². The van der Waals surface area contributed by atoms with Gasteiger partial charge in [-0.05, 0) is 26.0 Å². The van der Waals surface area contributed by atoms with Gasteiger partial charge in [0.05, 0.1) is 37.0 Å². The molecule has 4 aromatic heterocycles. The van der Waals surface area contributed by atoms with E-state index in [4.69, 9.17) is 19.7 Å². The molecule has 5 atom stereocenters. The standard InChI is InChI=1S/C28H32N9OS/c1-16-6-24(34-28(31-16)36-10-17(2)37(3)13-26(36)37)33-23-8-21-22(9-30-23)39-27(32-21)18-4-5-29-25(7-18)35-11-19-14-38-15-20(19)12-35/h4-9,17,19-20,26H,10-15H2,1-3H3,(H,30,31,33,34)/q+1/t17-,19-,20+,26-,37?/m0/s1. The molecule has 0 radical (unpaired) electrons. The lowest BCUT2D eigenvalue weighted by atomic mass is 10.0. The van der Waals surface area contributed by atoms with Crippen LogP contribution >= 0.6 is 11.3 Å². The summed E-state index contributed by atoms with van der Waals surface area (Å²) < 4.78 is 7.79. The summed E-state index contributed by atoms with van der Waals surface area (Å²) in [5, 5.41) is 4.38. The molecule has 0 amide bonds. The number of nitrogens with zero attached hydrogens (tertiary/aromatic N) is 8. The Morgan fingerprint density at radius 2 is 1.87 bits per heavy atom. The maximum absolute atomic E-state index is 5.64. The number of nitrogens with one attached hydrogen (secondary N) is 1. The molecule has 4 saturated heterocycles. The number of rotatable bonds is 5. The lowest BCUT2D eigenvalue weighted by Gasteiger charge is -2.18. The van der Waals surface area contributed by atoms with Crippen molar-refractivity contribution in [1.82, 2.24) is 24.9 Å². The van der Waals surface area contributed by atoms with Crippen LogP contribution < -0.4 is 15.1 Å². The Kier molecular flexibility index (Phi) is 5.14. The molecule has 0 aliphatic carbocycles. The summed E-state index contributed by atoms with van der Waals surface area (Å²) in [6.45, 7) is 10.3. The number of piperazine rings is 1. The van der Waals surface area contributed by atoms with E-state index < -0.39 is 0 Å². The summed E-state index contributed by atoms with van der Waals surface area (Å²) in [5.74, 6) is 4.55. The van der Waals surface area contributed by atoms with Crippen LogP contribution in [0, 0.1) is 18.8 Å². The monoisotopic (exact) mass is 542 g/mol. The van der Waals surface area contributed by atoms with E-state index >= 15 is 0 Å². The van der Waals surface area contributed by atoms with E-state index in [2.05, 4.69) is 45.1 Å². The fourth-order valence-corrected chi connectivity index (χ4v) is 7.42. The van der Waals surface area contributed by atoms with Crippen molar-refractivity contribution in [3.63, 3.8) is 0 Å². The van der Waals surface area contributed by atoms with Crippen molar-refractivity contribution in [2.24, 2.45) is 11.8 Å². The second-order valence-corrected chi connectivity index (χ2v) is 12.8. The van der Waals surface area contributed by atoms with Gasteiger partial charge in [-0.15, -0.1) is 11.3 Å². The van der Waals surface area contributed by atoms with Crippen LogP contribution in [0.1, 0.15) is 12.6 Å². The number of hydrogen-bond donors (Lipinski definition) is 1. The quantitative estimate of drug-likeness (QED) is 0.300. The summed E-state index contributed by atoms with van der Waals surface area (Å²) >= 11 is 1.66. The lowest BCUT2D eigenvalue weighted by molar-refractivity contribution is -0.804. The number of aryl methyl sites for hydroxylation is 1. The molecule has 8 heterocycles. The van der Waals surface area contributed by atoms with Crippen LogP contribution in [0.4, 0.5) is 23.4 Å². The predicted octanol–water partition coefficient (Wildman–Crippen LogP) is 3.67. The Hall–Kier alpha value is -3.41. The van der Waals surface area contributed by atoms with Gasteiger partial charge in [-0.2, -0.15) is 4.98 Å². The first-order valence-corrected chi connectivity index (χ1v) is 14.5. The molecule has 4 aliphatic rings. The molecule has 200 valence electrons. The second kappa shape index (κ2) is 8.54. The number of quaternary nitrogens is 1. The summed E-state index contributed by atoms with van der Waals surface area (Å²) in [5.41, 5.74) is 2.95. The molecular weight excluding hydrogens is 510 g/mol. The molecule has 8 rings (SSSR count). The molecule has 4 fully saturated rings. The maximum atomic E-state index is 5.64. The van der Waals surface area contributed by atoms with E-state index in [1.54, 1.807) is 11.3 Å². The van der Waals surface area contributed by atoms with Gasteiger partial charge in [-0.1, -0.05) is 0 Å². The number of hydrogen-bond acceptors (Lipinski definition) is 10. The van der Waals surface area contributed by atoms with Gasteiger partial charge in [0, 0.05) is 60.7 Å². The molecule has 0 bridgehead atoms. The van der Waals surface area contributed by atoms with Crippen molar-refractivity contribution < 1.29 is 9.22 Å². The van der Waals surface area contributed by atoms with E-state index in [-0.39, 0.29) is 0 Å². The van der Waals surface area contributed by atoms with Crippen molar-refractivity contribution in [1.29, 1.82) is 0 Å². The van der Waals surface area contributed by atoms with Crippen LogP contribution in [0.2, 0.25) is 0 Å². The first kappa shape index (κ1) is 23.5. The van der Waals surface area contributed by atoms with Gasteiger partial charge >= 0.3 is 0 Å². The minimum atomic E-state index is 0.491. The highest BCUT2D eigenvalue weighted by atomic mass is 32.1. The zero-order chi connectivity index (χ0) is 26.3. The predicted molar refractivity (Wildman–Crippen MR) is 152 cm³/mol. The van der Waals surface area contributed by atoms with E-state index in [0.29, 0.717) is 24.0 Å². The third-order valence-corrected chi connectivity index (χ3v) is 10.2. The van der Waals surface area contributed by atoms with Crippen LogP contribution in [0.15, 0.2) is 36.7 Å². The zero-order valence-electron chi connectivity index (χ0n) is 22.4. The molecule has 39 heavy (non-hydrogen) atoms. The van der Waals surface area contributed by atoms with E-state index in [0.717, 1.165) is 87.2 Å². The van der Waals surface area contributed by atoms with Crippen LogP contribution in [0.25, 0.3) is 20.8 Å². The van der Waals surface area contributed by atoms with Gasteiger partial charge in [0.2, 0.25) is 12.1 Å². The molecule has 4 aromatic rings. The third kappa shape index (κ3) is 3.94. The number of thiazole rings is 1. The van der Waals surface area contributed by atoms with Crippen LogP contribution in [0.5, 0.6) is 0 Å². The molecule has 0 spiro atoms. The zero-order valence-corrected chi connectivity index (χ0v) is 23.2. The van der Waals surface area contributed by atoms with Crippen molar-refractivity contribution in [2.45, 2.75) is 26.1 Å². The van der Waals surface area contributed by atoms with E-state index in [1.807, 2.05) is 37.5 Å². The van der Waals surface area contributed by atoms with Crippen molar-refractivity contribution in [3.8, 4) is 10.6 Å². The van der Waals surface area contributed by atoms with Gasteiger partial charge in [-0.25, -0.2) is 19.9 Å². The number of likely N-dealkylation sites (N-methyl/N-ethyl adjacent to an activating group) is 1.